The molecule has 0 spiro atoms. The molecule has 1 amide bonds. The lowest BCUT2D eigenvalue weighted by atomic mass is 10.1. The van der Waals surface area contributed by atoms with Gasteiger partial charge in [-0.15, -0.1) is 0 Å². The lowest BCUT2D eigenvalue weighted by molar-refractivity contribution is -0.114. The SMILES string of the molecule is O=Cc1ccc2c(c1)NCC(=O)N2. The number of carbonyl (C=O) groups is 2. The Morgan fingerprint density at radius 3 is 2.92 bits per heavy atom. The average Bonchev–Trinajstić information content (AvgIpc) is 2.17. The van der Waals surface area contributed by atoms with Crippen LogP contribution in [0.15, 0.2) is 18.2 Å². The first kappa shape index (κ1) is 7.79. The molecule has 0 radical (unpaired) electrons. The van der Waals surface area contributed by atoms with Crippen LogP contribution in [0.3, 0.4) is 0 Å². The van der Waals surface area contributed by atoms with E-state index in [1.807, 2.05) is 0 Å². The van der Waals surface area contributed by atoms with E-state index in [4.69, 9.17) is 0 Å². The van der Waals surface area contributed by atoms with Crippen LogP contribution in [-0.2, 0) is 4.79 Å². The van der Waals surface area contributed by atoms with Gasteiger partial charge in [0.05, 0.1) is 17.9 Å². The third-order valence-electron chi connectivity index (χ3n) is 1.89. The van der Waals surface area contributed by atoms with Crippen molar-refractivity contribution in [2.24, 2.45) is 0 Å². The molecule has 66 valence electrons. The van der Waals surface area contributed by atoms with Crippen molar-refractivity contribution in [2.45, 2.75) is 0 Å². The maximum absolute atomic E-state index is 10.9. The minimum atomic E-state index is -0.0636. The van der Waals surface area contributed by atoms with Gasteiger partial charge in [0.1, 0.15) is 6.29 Å². The van der Waals surface area contributed by atoms with Gasteiger partial charge in [-0.05, 0) is 18.2 Å². The zero-order chi connectivity index (χ0) is 9.26. The zero-order valence-corrected chi connectivity index (χ0v) is 6.83. The zero-order valence-electron chi connectivity index (χ0n) is 6.83. The Balaban J connectivity index is 2.42. The molecule has 1 aliphatic rings. The summed E-state index contributed by atoms with van der Waals surface area (Å²) < 4.78 is 0. The van der Waals surface area contributed by atoms with Crippen LogP contribution in [0.1, 0.15) is 10.4 Å². The largest absolute Gasteiger partial charge is 0.374 e. The minimum absolute atomic E-state index is 0.0636. The number of fused-ring (bicyclic) bond motifs is 1. The van der Waals surface area contributed by atoms with Crippen molar-refractivity contribution in [1.82, 2.24) is 0 Å². The van der Waals surface area contributed by atoms with Gasteiger partial charge >= 0.3 is 0 Å². The summed E-state index contributed by atoms with van der Waals surface area (Å²) in [5.74, 6) is -0.0636. The number of benzene rings is 1. The van der Waals surface area contributed by atoms with Crippen molar-refractivity contribution in [1.29, 1.82) is 0 Å². The summed E-state index contributed by atoms with van der Waals surface area (Å²) in [6, 6.07) is 5.09. The molecule has 0 atom stereocenters. The Hall–Kier alpha value is -1.84. The second-order valence-electron chi connectivity index (χ2n) is 2.82. The van der Waals surface area contributed by atoms with E-state index in [1.165, 1.54) is 0 Å². The van der Waals surface area contributed by atoms with Crippen LogP contribution < -0.4 is 10.6 Å². The van der Waals surface area contributed by atoms with Crippen LogP contribution in [0.25, 0.3) is 0 Å². The molecule has 1 aromatic rings. The maximum Gasteiger partial charge on any atom is 0.243 e. The Morgan fingerprint density at radius 2 is 2.15 bits per heavy atom. The number of carbonyl (C=O) groups excluding carboxylic acids is 2. The number of hydrogen-bond acceptors (Lipinski definition) is 3. The van der Waals surface area contributed by atoms with Gasteiger partial charge in [-0.2, -0.15) is 0 Å². The number of rotatable bonds is 1. The molecular formula is C9H8N2O2. The van der Waals surface area contributed by atoms with Gasteiger partial charge in [0.25, 0.3) is 0 Å². The number of anilines is 2. The lowest BCUT2D eigenvalue weighted by Crippen LogP contribution is -2.27. The predicted molar refractivity (Wildman–Crippen MR) is 48.9 cm³/mol. The van der Waals surface area contributed by atoms with Gasteiger partial charge in [-0.1, -0.05) is 0 Å². The Bertz CT molecular complexity index is 374. The molecular weight excluding hydrogens is 168 g/mol. The predicted octanol–water partition coefficient (Wildman–Crippen LogP) is 0.863. The molecule has 0 fully saturated rings. The van der Waals surface area contributed by atoms with Crippen LogP contribution in [0.5, 0.6) is 0 Å². The van der Waals surface area contributed by atoms with Crippen molar-refractivity contribution in [3.63, 3.8) is 0 Å². The number of aldehydes is 1. The minimum Gasteiger partial charge on any atom is -0.374 e. The summed E-state index contributed by atoms with van der Waals surface area (Å²) in [6.45, 7) is 0.259. The van der Waals surface area contributed by atoms with Gasteiger partial charge in [0.2, 0.25) is 5.91 Å². The monoisotopic (exact) mass is 176 g/mol. The fraction of sp³-hybridized carbons (Fsp3) is 0.111. The van der Waals surface area contributed by atoms with Crippen molar-refractivity contribution in [2.75, 3.05) is 17.2 Å². The molecule has 0 saturated heterocycles. The van der Waals surface area contributed by atoms with Crippen molar-refractivity contribution < 1.29 is 9.59 Å². The topological polar surface area (TPSA) is 58.2 Å². The van der Waals surface area contributed by atoms with Gasteiger partial charge < -0.3 is 10.6 Å². The third-order valence-corrected chi connectivity index (χ3v) is 1.89. The van der Waals surface area contributed by atoms with Gasteiger partial charge in [-0.3, -0.25) is 9.59 Å². The van der Waals surface area contributed by atoms with E-state index in [-0.39, 0.29) is 12.5 Å². The summed E-state index contributed by atoms with van der Waals surface area (Å²) in [6.07, 6.45) is 0.776. The van der Waals surface area contributed by atoms with Crippen LogP contribution in [0.2, 0.25) is 0 Å². The first-order chi connectivity index (χ1) is 6.29. The molecule has 2 N–H and O–H groups in total. The Morgan fingerprint density at radius 1 is 1.31 bits per heavy atom. The molecule has 1 aliphatic heterocycles. The Labute approximate surface area is 74.9 Å². The highest BCUT2D eigenvalue weighted by Gasteiger charge is 2.13. The smallest absolute Gasteiger partial charge is 0.243 e. The molecule has 13 heavy (non-hydrogen) atoms. The normalized spacial score (nSPS) is 14.0. The van der Waals surface area contributed by atoms with Crippen LogP contribution >= 0.6 is 0 Å². The number of hydrogen-bond donors (Lipinski definition) is 2. The molecule has 2 rings (SSSR count). The first-order valence-corrected chi connectivity index (χ1v) is 3.92. The Kier molecular flexibility index (Phi) is 1.73. The van der Waals surface area contributed by atoms with Crippen LogP contribution in [0.4, 0.5) is 11.4 Å². The molecule has 4 heteroatoms. The molecule has 0 aliphatic carbocycles. The molecule has 0 saturated carbocycles. The van der Waals surface area contributed by atoms with E-state index >= 15 is 0 Å². The molecule has 0 unspecified atom stereocenters. The van der Waals surface area contributed by atoms with Gasteiger partial charge in [0, 0.05) is 5.56 Å². The third kappa shape index (κ3) is 1.38. The summed E-state index contributed by atoms with van der Waals surface area (Å²) in [7, 11) is 0. The fourth-order valence-corrected chi connectivity index (χ4v) is 1.26. The number of nitrogens with one attached hydrogen (secondary N) is 2. The second kappa shape index (κ2) is 2.90. The van der Waals surface area contributed by atoms with Crippen LogP contribution in [0, 0.1) is 0 Å². The molecule has 1 aromatic carbocycles. The maximum atomic E-state index is 10.9. The quantitative estimate of drug-likeness (QED) is 0.624. The molecule has 0 bridgehead atoms. The van der Waals surface area contributed by atoms with E-state index in [2.05, 4.69) is 10.6 Å². The lowest BCUT2D eigenvalue weighted by Gasteiger charge is -2.18. The van der Waals surface area contributed by atoms with E-state index in [0.717, 1.165) is 17.7 Å². The fourth-order valence-electron chi connectivity index (χ4n) is 1.26. The van der Waals surface area contributed by atoms with E-state index in [0.29, 0.717) is 5.56 Å². The van der Waals surface area contributed by atoms with E-state index in [1.54, 1.807) is 18.2 Å². The van der Waals surface area contributed by atoms with Crippen molar-refractivity contribution in [3.8, 4) is 0 Å². The first-order valence-electron chi connectivity index (χ1n) is 3.92. The van der Waals surface area contributed by atoms with Gasteiger partial charge in [0.15, 0.2) is 0 Å². The second-order valence-corrected chi connectivity index (χ2v) is 2.82. The summed E-state index contributed by atoms with van der Waals surface area (Å²) in [4.78, 5) is 21.4. The summed E-state index contributed by atoms with van der Waals surface area (Å²) >= 11 is 0. The molecule has 0 aromatic heterocycles. The number of amides is 1. The summed E-state index contributed by atoms with van der Waals surface area (Å²) in [5, 5.41) is 5.61. The summed E-state index contributed by atoms with van der Waals surface area (Å²) in [5.41, 5.74) is 2.12. The highest BCUT2D eigenvalue weighted by atomic mass is 16.2. The standard InChI is InChI=1S/C9H8N2O2/c12-5-6-1-2-7-8(3-6)10-4-9(13)11-7/h1-3,5,10H,4H2,(H,11,13). The van der Waals surface area contributed by atoms with E-state index in [9.17, 15) is 9.59 Å². The van der Waals surface area contributed by atoms with Gasteiger partial charge in [-0.25, -0.2) is 0 Å². The highest BCUT2D eigenvalue weighted by Crippen LogP contribution is 2.24. The van der Waals surface area contributed by atoms with Crippen LogP contribution in [-0.4, -0.2) is 18.7 Å². The van der Waals surface area contributed by atoms with Crippen molar-refractivity contribution in [3.05, 3.63) is 23.8 Å². The molecule has 4 nitrogen and oxygen atoms in total. The average molecular weight is 176 g/mol. The van der Waals surface area contributed by atoms with E-state index < -0.39 is 0 Å². The van der Waals surface area contributed by atoms with Crippen molar-refractivity contribution >= 4 is 23.6 Å². The highest BCUT2D eigenvalue weighted by molar-refractivity contribution is 6.01. The molecule has 1 heterocycles.